The molecular weight excluding hydrogens is 158 g/mol. The first-order valence-electron chi connectivity index (χ1n) is 3.38. The lowest BCUT2D eigenvalue weighted by molar-refractivity contribution is -0.509. The quantitative estimate of drug-likeness (QED) is 0.323. The molecule has 0 aromatic rings. The molecule has 0 saturated heterocycles. The first-order valence-corrected chi connectivity index (χ1v) is 3.38. The second-order valence-corrected chi connectivity index (χ2v) is 2.51. The van der Waals surface area contributed by atoms with Gasteiger partial charge in [-0.2, -0.15) is 0 Å². The minimum absolute atomic E-state index is 0. The van der Waals surface area contributed by atoms with Crippen molar-refractivity contribution in [2.75, 3.05) is 0 Å². The average Bonchev–Trinajstić information content (AvgIpc) is 1.88. The highest BCUT2D eigenvalue weighted by atomic mass is 24.3. The summed E-state index contributed by atoms with van der Waals surface area (Å²) in [5.74, 6) is -0.198. The van der Waals surface area contributed by atoms with Gasteiger partial charge in [0.15, 0.2) is 0 Å². The SMILES string of the molecule is O=C1CCCCC1[N+](=O)[O-].[Mg]. The molecule has 0 aromatic carbocycles. The molecule has 58 valence electrons. The van der Waals surface area contributed by atoms with Crippen LogP contribution in [-0.2, 0) is 4.79 Å². The number of carbonyl (C=O) groups excluding carboxylic acids is 1. The first-order chi connectivity index (χ1) is 4.72. The van der Waals surface area contributed by atoms with Crippen LogP contribution in [0.4, 0.5) is 0 Å². The van der Waals surface area contributed by atoms with E-state index in [0.29, 0.717) is 12.8 Å². The van der Waals surface area contributed by atoms with Gasteiger partial charge in [0.05, 0.1) is 0 Å². The van der Waals surface area contributed by atoms with E-state index in [1.165, 1.54) is 0 Å². The van der Waals surface area contributed by atoms with Crippen LogP contribution in [0.5, 0.6) is 0 Å². The van der Waals surface area contributed by atoms with Crippen molar-refractivity contribution >= 4 is 28.8 Å². The molecule has 4 nitrogen and oxygen atoms in total. The summed E-state index contributed by atoms with van der Waals surface area (Å²) in [5.41, 5.74) is 0. The van der Waals surface area contributed by atoms with Crippen molar-refractivity contribution in [1.82, 2.24) is 0 Å². The van der Waals surface area contributed by atoms with Gasteiger partial charge in [-0.25, -0.2) is 0 Å². The zero-order chi connectivity index (χ0) is 7.56. The van der Waals surface area contributed by atoms with Crippen molar-refractivity contribution in [3.8, 4) is 0 Å². The molecule has 2 radical (unpaired) electrons. The second kappa shape index (κ2) is 4.66. The van der Waals surface area contributed by atoms with Gasteiger partial charge in [-0.05, 0) is 12.8 Å². The molecule has 1 aliphatic carbocycles. The first kappa shape index (κ1) is 10.8. The van der Waals surface area contributed by atoms with E-state index >= 15 is 0 Å². The maximum atomic E-state index is 10.8. The molecule has 1 atom stereocenters. The molecule has 0 aromatic heterocycles. The van der Waals surface area contributed by atoms with Crippen LogP contribution in [0.25, 0.3) is 0 Å². The molecule has 0 heterocycles. The van der Waals surface area contributed by atoms with Crippen molar-refractivity contribution in [1.29, 1.82) is 0 Å². The number of ketones is 1. The van der Waals surface area contributed by atoms with E-state index in [1.54, 1.807) is 0 Å². The third-order valence-corrected chi connectivity index (χ3v) is 1.78. The fourth-order valence-electron chi connectivity index (χ4n) is 1.19. The summed E-state index contributed by atoms with van der Waals surface area (Å²) in [6, 6.07) is -0.895. The molecule has 11 heavy (non-hydrogen) atoms. The number of carbonyl (C=O) groups is 1. The highest BCUT2D eigenvalue weighted by molar-refractivity contribution is 5.83. The van der Waals surface area contributed by atoms with Crippen molar-refractivity contribution in [2.24, 2.45) is 0 Å². The Balaban J connectivity index is 0.000001000. The van der Waals surface area contributed by atoms with E-state index < -0.39 is 11.0 Å². The van der Waals surface area contributed by atoms with Gasteiger partial charge in [0, 0.05) is 40.8 Å². The largest absolute Gasteiger partial charge is 0.292 e. The molecule has 1 saturated carbocycles. The smallest absolute Gasteiger partial charge is 0.270 e. The van der Waals surface area contributed by atoms with E-state index in [0.717, 1.165) is 12.8 Å². The Morgan fingerprint density at radius 1 is 1.45 bits per heavy atom. The summed E-state index contributed by atoms with van der Waals surface area (Å²) < 4.78 is 0. The normalized spacial score (nSPS) is 24.0. The van der Waals surface area contributed by atoms with Gasteiger partial charge in [0.1, 0.15) is 0 Å². The van der Waals surface area contributed by atoms with E-state index in [-0.39, 0.29) is 28.8 Å². The van der Waals surface area contributed by atoms with E-state index in [9.17, 15) is 14.9 Å². The minimum Gasteiger partial charge on any atom is -0.292 e. The van der Waals surface area contributed by atoms with Crippen LogP contribution >= 0.6 is 0 Å². The fraction of sp³-hybridized carbons (Fsp3) is 0.833. The monoisotopic (exact) mass is 167 g/mol. The summed E-state index contributed by atoms with van der Waals surface area (Å²) in [6.45, 7) is 0. The van der Waals surface area contributed by atoms with Gasteiger partial charge < -0.3 is 0 Å². The second-order valence-electron chi connectivity index (χ2n) is 2.51. The Bertz CT molecular complexity index is 171. The number of Topliss-reactive ketones (excluding diaryl/α,β-unsaturated/α-hetero) is 1. The zero-order valence-electron chi connectivity index (χ0n) is 6.28. The minimum atomic E-state index is -0.895. The van der Waals surface area contributed by atoms with Crippen LogP contribution < -0.4 is 0 Å². The number of nitro groups is 1. The molecule has 0 spiro atoms. The van der Waals surface area contributed by atoms with Crippen LogP contribution in [0, 0.1) is 10.1 Å². The highest BCUT2D eigenvalue weighted by Gasteiger charge is 2.31. The van der Waals surface area contributed by atoms with Crippen LogP contribution in [0.1, 0.15) is 25.7 Å². The molecular formula is C6H9MgNO3. The van der Waals surface area contributed by atoms with Gasteiger partial charge in [-0.1, -0.05) is 0 Å². The van der Waals surface area contributed by atoms with Crippen LogP contribution in [0.15, 0.2) is 0 Å². The molecule has 0 bridgehead atoms. The summed E-state index contributed by atoms with van der Waals surface area (Å²) in [7, 11) is 0. The lowest BCUT2D eigenvalue weighted by atomic mass is 9.95. The maximum Gasteiger partial charge on any atom is 0.270 e. The molecule has 0 amide bonds. The van der Waals surface area contributed by atoms with E-state index in [4.69, 9.17) is 0 Å². The van der Waals surface area contributed by atoms with Crippen LogP contribution in [-0.4, -0.2) is 39.8 Å². The van der Waals surface area contributed by atoms with Crippen molar-refractivity contribution in [3.63, 3.8) is 0 Å². The summed E-state index contributed by atoms with van der Waals surface area (Å²) in [6.07, 6.45) is 2.47. The van der Waals surface area contributed by atoms with Gasteiger partial charge in [0.25, 0.3) is 6.04 Å². The van der Waals surface area contributed by atoms with E-state index in [2.05, 4.69) is 0 Å². The van der Waals surface area contributed by atoms with Gasteiger partial charge in [-0.15, -0.1) is 0 Å². The van der Waals surface area contributed by atoms with Gasteiger partial charge in [0.2, 0.25) is 5.78 Å². The summed E-state index contributed by atoms with van der Waals surface area (Å²) >= 11 is 0. The Morgan fingerprint density at radius 3 is 2.45 bits per heavy atom. The van der Waals surface area contributed by atoms with Gasteiger partial charge >= 0.3 is 0 Å². The topological polar surface area (TPSA) is 60.2 Å². The average molecular weight is 167 g/mol. The molecule has 0 N–H and O–H groups in total. The summed E-state index contributed by atoms with van der Waals surface area (Å²) in [5, 5.41) is 10.1. The third-order valence-electron chi connectivity index (χ3n) is 1.78. The van der Waals surface area contributed by atoms with Crippen LogP contribution in [0.2, 0.25) is 0 Å². The predicted molar refractivity (Wildman–Crippen MR) is 40.0 cm³/mol. The lowest BCUT2D eigenvalue weighted by Gasteiger charge is -2.12. The number of hydrogen-bond donors (Lipinski definition) is 0. The predicted octanol–water partition coefficient (Wildman–Crippen LogP) is 0.394. The number of nitrogens with zero attached hydrogens (tertiary/aromatic N) is 1. The molecule has 1 rings (SSSR count). The Hall–Kier alpha value is -0.164. The Morgan fingerprint density at radius 2 is 2.09 bits per heavy atom. The van der Waals surface area contributed by atoms with Crippen molar-refractivity contribution in [3.05, 3.63) is 10.1 Å². The molecule has 1 unspecified atom stereocenters. The fourth-order valence-corrected chi connectivity index (χ4v) is 1.19. The standard InChI is InChI=1S/C6H9NO3.Mg/c8-6-4-2-1-3-5(6)7(9)10;/h5H,1-4H2;. The highest BCUT2D eigenvalue weighted by Crippen LogP contribution is 2.16. The third kappa shape index (κ3) is 2.74. The Labute approximate surface area is 80.6 Å². The number of rotatable bonds is 1. The van der Waals surface area contributed by atoms with Crippen molar-refractivity contribution < 1.29 is 9.72 Å². The molecule has 0 aliphatic heterocycles. The maximum absolute atomic E-state index is 10.8. The van der Waals surface area contributed by atoms with Crippen molar-refractivity contribution in [2.45, 2.75) is 31.7 Å². The molecule has 1 aliphatic rings. The van der Waals surface area contributed by atoms with Crippen LogP contribution in [0.3, 0.4) is 0 Å². The lowest BCUT2D eigenvalue weighted by Crippen LogP contribution is -2.32. The molecule has 1 fully saturated rings. The van der Waals surface area contributed by atoms with Gasteiger partial charge in [-0.3, -0.25) is 14.9 Å². The summed E-state index contributed by atoms with van der Waals surface area (Å²) in [4.78, 5) is 20.5. The zero-order valence-corrected chi connectivity index (χ0v) is 7.70. The number of hydrogen-bond acceptors (Lipinski definition) is 3. The Kier molecular flexibility index (Phi) is 4.59. The van der Waals surface area contributed by atoms with E-state index in [1.807, 2.05) is 0 Å². The molecule has 5 heteroatoms.